The zero-order chi connectivity index (χ0) is 12.9. The maximum atomic E-state index is 12.2. The summed E-state index contributed by atoms with van der Waals surface area (Å²) in [5.41, 5.74) is 0.165. The summed E-state index contributed by atoms with van der Waals surface area (Å²) in [4.78, 5) is 12.2. The van der Waals surface area contributed by atoms with Gasteiger partial charge in [-0.15, -0.1) is 11.6 Å². The van der Waals surface area contributed by atoms with E-state index in [0.717, 1.165) is 19.4 Å². The molecule has 0 radical (unpaired) electrons. The quantitative estimate of drug-likeness (QED) is 0.752. The first-order valence-corrected chi connectivity index (χ1v) is 7.34. The molecule has 17 heavy (non-hydrogen) atoms. The van der Waals surface area contributed by atoms with Crippen molar-refractivity contribution in [3.63, 3.8) is 0 Å². The zero-order valence-corrected chi connectivity index (χ0v) is 12.1. The van der Waals surface area contributed by atoms with E-state index in [0.29, 0.717) is 11.8 Å². The number of nitrogens with one attached hydrogen (secondary N) is 1. The van der Waals surface area contributed by atoms with Gasteiger partial charge in [0.1, 0.15) is 0 Å². The second-order valence-electron chi connectivity index (χ2n) is 6.11. The minimum absolute atomic E-state index is 0.165. The molecule has 0 aliphatic heterocycles. The summed E-state index contributed by atoms with van der Waals surface area (Å²) in [7, 11) is 0. The highest BCUT2D eigenvalue weighted by molar-refractivity contribution is 6.17. The highest BCUT2D eigenvalue weighted by Gasteiger charge is 2.36. The molecule has 1 aliphatic carbocycles. The van der Waals surface area contributed by atoms with Gasteiger partial charge in [0.2, 0.25) is 5.91 Å². The number of carbonyl (C=O) groups excluding carboxylic acids is 1. The van der Waals surface area contributed by atoms with E-state index in [9.17, 15) is 4.79 Å². The number of halogens is 1. The maximum Gasteiger partial charge on any atom is 0.223 e. The van der Waals surface area contributed by atoms with E-state index in [1.54, 1.807) is 0 Å². The second-order valence-corrected chi connectivity index (χ2v) is 6.49. The van der Waals surface area contributed by atoms with Gasteiger partial charge in [-0.25, -0.2) is 0 Å². The van der Waals surface area contributed by atoms with E-state index in [2.05, 4.69) is 26.1 Å². The lowest BCUT2D eigenvalue weighted by Gasteiger charge is -2.37. The molecule has 1 fully saturated rings. The topological polar surface area (TPSA) is 29.1 Å². The largest absolute Gasteiger partial charge is 0.356 e. The molecule has 2 nitrogen and oxygen atoms in total. The summed E-state index contributed by atoms with van der Waals surface area (Å²) in [6.07, 6.45) is 5.64. The lowest BCUT2D eigenvalue weighted by molar-refractivity contribution is -0.130. The molecule has 0 saturated heterocycles. The van der Waals surface area contributed by atoms with Gasteiger partial charge >= 0.3 is 0 Å². The van der Waals surface area contributed by atoms with E-state index in [4.69, 9.17) is 11.6 Å². The molecule has 0 heterocycles. The smallest absolute Gasteiger partial charge is 0.223 e. The number of hydrogen-bond acceptors (Lipinski definition) is 1. The molecule has 0 aromatic carbocycles. The Labute approximate surface area is 110 Å². The number of alkyl halides is 1. The fourth-order valence-electron chi connectivity index (χ4n) is 2.67. The molecule has 1 N–H and O–H groups in total. The van der Waals surface area contributed by atoms with Crippen molar-refractivity contribution in [3.8, 4) is 0 Å². The summed E-state index contributed by atoms with van der Waals surface area (Å²) in [5.74, 6) is 1.59. The average Bonchev–Trinajstić information content (AvgIpc) is 2.26. The first-order chi connectivity index (χ1) is 7.97. The highest BCUT2D eigenvalue weighted by Crippen LogP contribution is 2.40. The van der Waals surface area contributed by atoms with Crippen molar-refractivity contribution in [2.75, 3.05) is 12.4 Å². The van der Waals surface area contributed by atoms with Crippen LogP contribution >= 0.6 is 11.6 Å². The molecule has 0 aromatic heterocycles. The van der Waals surface area contributed by atoms with Crippen LogP contribution in [0.2, 0.25) is 0 Å². The van der Waals surface area contributed by atoms with Crippen molar-refractivity contribution in [2.45, 2.75) is 52.9 Å². The van der Waals surface area contributed by atoms with Gasteiger partial charge < -0.3 is 5.32 Å². The molecule has 0 aromatic rings. The van der Waals surface area contributed by atoms with Crippen LogP contribution in [0, 0.1) is 17.3 Å². The minimum Gasteiger partial charge on any atom is -0.356 e. The Kier molecular flexibility index (Phi) is 5.78. The molecule has 2 atom stereocenters. The Morgan fingerprint density at radius 2 is 2.18 bits per heavy atom. The van der Waals surface area contributed by atoms with E-state index in [-0.39, 0.29) is 17.2 Å². The van der Waals surface area contributed by atoms with E-state index in [1.807, 2.05) is 0 Å². The molecule has 100 valence electrons. The first-order valence-electron chi connectivity index (χ1n) is 6.81. The van der Waals surface area contributed by atoms with Gasteiger partial charge in [-0.2, -0.15) is 0 Å². The van der Waals surface area contributed by atoms with Crippen LogP contribution in [0.3, 0.4) is 0 Å². The van der Waals surface area contributed by atoms with E-state index in [1.165, 1.54) is 19.3 Å². The number of amides is 1. The third-order valence-corrected chi connectivity index (χ3v) is 4.27. The summed E-state index contributed by atoms with van der Waals surface area (Å²) in [6, 6.07) is 0. The molecule has 0 bridgehead atoms. The summed E-state index contributed by atoms with van der Waals surface area (Å²) < 4.78 is 0. The Balaban J connectivity index is 2.41. The Morgan fingerprint density at radius 1 is 1.47 bits per heavy atom. The molecular weight excluding hydrogens is 234 g/mol. The third-order valence-electron chi connectivity index (χ3n) is 4.05. The van der Waals surface area contributed by atoms with Gasteiger partial charge in [0.25, 0.3) is 0 Å². The predicted molar refractivity (Wildman–Crippen MR) is 73.2 cm³/mol. The van der Waals surface area contributed by atoms with Crippen LogP contribution in [0.5, 0.6) is 0 Å². The summed E-state index contributed by atoms with van der Waals surface area (Å²) >= 11 is 5.69. The van der Waals surface area contributed by atoms with Crippen LogP contribution < -0.4 is 5.32 Å². The van der Waals surface area contributed by atoms with Crippen LogP contribution in [0.15, 0.2) is 0 Å². The molecule has 1 aliphatic rings. The van der Waals surface area contributed by atoms with Gasteiger partial charge in [-0.05, 0) is 30.6 Å². The molecule has 0 spiro atoms. The van der Waals surface area contributed by atoms with Gasteiger partial charge in [0, 0.05) is 18.3 Å². The van der Waals surface area contributed by atoms with Gasteiger partial charge in [-0.1, -0.05) is 33.6 Å². The monoisotopic (exact) mass is 259 g/mol. The van der Waals surface area contributed by atoms with Gasteiger partial charge in [-0.3, -0.25) is 4.79 Å². The van der Waals surface area contributed by atoms with Gasteiger partial charge in [0.15, 0.2) is 0 Å². The predicted octanol–water partition coefficient (Wildman–Crippen LogP) is 3.58. The maximum absolute atomic E-state index is 12.2. The first kappa shape index (κ1) is 14.8. The average molecular weight is 260 g/mol. The van der Waals surface area contributed by atoms with Crippen molar-refractivity contribution in [2.24, 2.45) is 17.3 Å². The van der Waals surface area contributed by atoms with Gasteiger partial charge in [0.05, 0.1) is 0 Å². The second kappa shape index (κ2) is 6.63. The summed E-state index contributed by atoms with van der Waals surface area (Å²) in [5, 5.41) is 3.09. The number of hydrogen-bond donors (Lipinski definition) is 1. The molecule has 1 saturated carbocycles. The van der Waals surface area contributed by atoms with Crippen LogP contribution in [-0.2, 0) is 4.79 Å². The van der Waals surface area contributed by atoms with Crippen molar-refractivity contribution in [1.82, 2.24) is 5.32 Å². The summed E-state index contributed by atoms with van der Waals surface area (Å²) in [6.45, 7) is 7.34. The molecular formula is C14H26ClNO. The minimum atomic E-state index is 0.165. The van der Waals surface area contributed by atoms with Crippen molar-refractivity contribution < 1.29 is 4.79 Å². The number of rotatable bonds is 5. The molecule has 2 unspecified atom stereocenters. The van der Waals surface area contributed by atoms with Crippen LogP contribution in [0.1, 0.15) is 52.9 Å². The fourth-order valence-corrected chi connectivity index (χ4v) is 3.04. The molecule has 1 rings (SSSR count). The fraction of sp³-hybridized carbons (Fsp3) is 0.929. The van der Waals surface area contributed by atoms with Crippen LogP contribution in [0.4, 0.5) is 0 Å². The Morgan fingerprint density at radius 3 is 2.76 bits per heavy atom. The molecule has 1 amide bonds. The SMILES string of the molecule is CC(CCCl)CNC(=O)C1CCCCC1(C)C. The molecule has 3 heteroatoms. The lowest BCUT2D eigenvalue weighted by Crippen LogP contribution is -2.42. The standard InChI is InChI=1S/C14H26ClNO/c1-11(7-9-15)10-16-13(17)12-6-4-5-8-14(12,2)3/h11-12H,4-10H2,1-3H3,(H,16,17). The third kappa shape index (κ3) is 4.50. The van der Waals surface area contributed by atoms with Crippen molar-refractivity contribution in [3.05, 3.63) is 0 Å². The number of carbonyl (C=O) groups is 1. The highest BCUT2D eigenvalue weighted by atomic mass is 35.5. The van der Waals surface area contributed by atoms with E-state index < -0.39 is 0 Å². The normalized spacial score (nSPS) is 25.3. The van der Waals surface area contributed by atoms with Crippen molar-refractivity contribution in [1.29, 1.82) is 0 Å². The lowest BCUT2D eigenvalue weighted by atomic mass is 9.68. The van der Waals surface area contributed by atoms with Crippen LogP contribution in [-0.4, -0.2) is 18.3 Å². The van der Waals surface area contributed by atoms with Crippen LogP contribution in [0.25, 0.3) is 0 Å². The van der Waals surface area contributed by atoms with Crippen molar-refractivity contribution >= 4 is 17.5 Å². The Hall–Kier alpha value is -0.240. The zero-order valence-electron chi connectivity index (χ0n) is 11.4. The Bertz CT molecular complexity index is 253. The van der Waals surface area contributed by atoms with E-state index >= 15 is 0 Å².